The van der Waals surface area contributed by atoms with Crippen molar-refractivity contribution in [3.05, 3.63) is 51.7 Å². The number of anilines is 1. The van der Waals surface area contributed by atoms with Gasteiger partial charge in [-0.3, -0.25) is 4.79 Å². The van der Waals surface area contributed by atoms with Gasteiger partial charge < -0.3 is 5.32 Å². The van der Waals surface area contributed by atoms with Gasteiger partial charge in [-0.25, -0.2) is 4.98 Å². The van der Waals surface area contributed by atoms with Crippen LogP contribution in [0, 0.1) is 0 Å². The quantitative estimate of drug-likeness (QED) is 0.651. The van der Waals surface area contributed by atoms with Crippen LogP contribution in [0.15, 0.2) is 46.0 Å². The van der Waals surface area contributed by atoms with Crippen LogP contribution in [-0.2, 0) is 0 Å². The van der Waals surface area contributed by atoms with Crippen molar-refractivity contribution < 1.29 is 4.79 Å². The first-order valence-corrected chi connectivity index (χ1v) is 7.77. The lowest BCUT2D eigenvalue weighted by Gasteiger charge is -2.08. The highest BCUT2D eigenvalue weighted by molar-refractivity contribution is 9.10. The van der Waals surface area contributed by atoms with Crippen LogP contribution < -0.4 is 5.32 Å². The number of nitrogens with one attached hydrogen (secondary N) is 1. The highest BCUT2D eigenvalue weighted by Gasteiger charge is 2.13. The van der Waals surface area contributed by atoms with Crippen molar-refractivity contribution >= 4 is 50.9 Å². The molecule has 1 aromatic heterocycles. The lowest BCUT2D eigenvalue weighted by atomic mass is 10.2. The normalized spacial score (nSPS) is 10.3. The van der Waals surface area contributed by atoms with Gasteiger partial charge in [0, 0.05) is 11.1 Å². The van der Waals surface area contributed by atoms with E-state index in [0.717, 1.165) is 4.90 Å². The fourth-order valence-electron chi connectivity index (χ4n) is 1.47. The highest BCUT2D eigenvalue weighted by Crippen LogP contribution is 2.25. The number of hydrogen-bond donors (Lipinski definition) is 1. The smallest absolute Gasteiger partial charge is 0.257 e. The molecule has 0 aliphatic heterocycles. The zero-order chi connectivity index (χ0) is 13.8. The minimum Gasteiger partial charge on any atom is -0.320 e. The Bertz CT molecular complexity index is 621. The molecule has 0 fully saturated rings. The number of hydrogen-bond acceptors (Lipinski definition) is 3. The number of rotatable bonds is 3. The molecular weight excluding hydrogens is 348 g/mol. The van der Waals surface area contributed by atoms with Crippen LogP contribution in [-0.4, -0.2) is 17.1 Å². The van der Waals surface area contributed by atoms with Crippen molar-refractivity contribution in [1.29, 1.82) is 0 Å². The molecule has 0 aliphatic rings. The van der Waals surface area contributed by atoms with E-state index in [1.165, 1.54) is 0 Å². The summed E-state index contributed by atoms with van der Waals surface area (Å²) in [6.45, 7) is 0. The Labute approximate surface area is 128 Å². The fraction of sp³-hybridized carbons (Fsp3) is 0.0769. The summed E-state index contributed by atoms with van der Waals surface area (Å²) >= 11 is 10.9. The van der Waals surface area contributed by atoms with E-state index in [4.69, 9.17) is 11.6 Å². The van der Waals surface area contributed by atoms with Crippen molar-refractivity contribution in [3.8, 4) is 0 Å². The summed E-state index contributed by atoms with van der Waals surface area (Å²) < 4.78 is 0.584. The second-order valence-electron chi connectivity index (χ2n) is 3.64. The van der Waals surface area contributed by atoms with Crippen LogP contribution in [0.5, 0.6) is 0 Å². The molecule has 1 N–H and O–H groups in total. The Morgan fingerprint density at radius 3 is 2.89 bits per heavy atom. The van der Waals surface area contributed by atoms with Gasteiger partial charge in [-0.1, -0.05) is 11.6 Å². The molecule has 0 bridgehead atoms. The predicted molar refractivity (Wildman–Crippen MR) is 83.1 cm³/mol. The third-order valence-electron chi connectivity index (χ3n) is 2.43. The number of carbonyl (C=O) groups excluding carboxylic acids is 1. The topological polar surface area (TPSA) is 42.0 Å². The Balaban J connectivity index is 2.28. The van der Waals surface area contributed by atoms with Crippen molar-refractivity contribution in [1.82, 2.24) is 4.98 Å². The molecule has 0 unspecified atom stereocenters. The first-order chi connectivity index (χ1) is 9.11. The number of nitrogens with zero attached hydrogens (tertiary/aromatic N) is 1. The molecule has 2 rings (SSSR count). The largest absolute Gasteiger partial charge is 0.320 e. The van der Waals surface area contributed by atoms with Crippen molar-refractivity contribution in [2.75, 3.05) is 11.6 Å². The fourth-order valence-corrected chi connectivity index (χ4v) is 2.47. The monoisotopic (exact) mass is 356 g/mol. The number of pyridine rings is 1. The Morgan fingerprint density at radius 2 is 2.21 bits per heavy atom. The van der Waals surface area contributed by atoms with Gasteiger partial charge in [-0.2, -0.15) is 0 Å². The third kappa shape index (κ3) is 3.49. The number of aromatic nitrogens is 1. The first-order valence-electron chi connectivity index (χ1n) is 5.37. The van der Waals surface area contributed by atoms with Gasteiger partial charge in [-0.15, -0.1) is 11.8 Å². The van der Waals surface area contributed by atoms with E-state index >= 15 is 0 Å². The van der Waals surface area contributed by atoms with Crippen LogP contribution >= 0.6 is 39.3 Å². The highest BCUT2D eigenvalue weighted by atomic mass is 79.9. The van der Waals surface area contributed by atoms with Gasteiger partial charge in [0.25, 0.3) is 5.91 Å². The third-order valence-corrected chi connectivity index (χ3v) is 4.11. The standard InChI is InChI=1S/C13H10BrClN2OS/c1-19-8-4-5-10(15)9(7-8)13(18)17-11-3-2-6-16-12(11)14/h2-7H,1H3,(H,17,18). The molecule has 6 heteroatoms. The van der Waals surface area contributed by atoms with Gasteiger partial charge in [0.2, 0.25) is 0 Å². The average molecular weight is 358 g/mol. The summed E-state index contributed by atoms with van der Waals surface area (Å²) in [5.41, 5.74) is 1.06. The molecule has 0 saturated carbocycles. The SMILES string of the molecule is CSc1ccc(Cl)c(C(=O)Nc2cccnc2Br)c1. The molecule has 0 saturated heterocycles. The van der Waals surface area contributed by atoms with Crippen molar-refractivity contribution in [2.45, 2.75) is 4.90 Å². The summed E-state index contributed by atoms with van der Waals surface area (Å²) in [5.74, 6) is -0.255. The van der Waals surface area contributed by atoms with E-state index in [2.05, 4.69) is 26.2 Å². The van der Waals surface area contributed by atoms with Crippen LogP contribution in [0.2, 0.25) is 5.02 Å². The summed E-state index contributed by atoms with van der Waals surface area (Å²) in [4.78, 5) is 17.2. The van der Waals surface area contributed by atoms with Crippen LogP contribution in [0.4, 0.5) is 5.69 Å². The molecule has 0 spiro atoms. The zero-order valence-corrected chi connectivity index (χ0v) is 13.1. The molecule has 0 radical (unpaired) electrons. The molecule has 3 nitrogen and oxygen atoms in total. The van der Waals surface area contributed by atoms with Gasteiger partial charge in [0.05, 0.1) is 16.3 Å². The number of benzene rings is 1. The molecule has 0 aliphatic carbocycles. The van der Waals surface area contributed by atoms with E-state index in [0.29, 0.717) is 20.9 Å². The van der Waals surface area contributed by atoms with Crippen LogP contribution in [0.3, 0.4) is 0 Å². The maximum Gasteiger partial charge on any atom is 0.257 e. The lowest BCUT2D eigenvalue weighted by molar-refractivity contribution is 0.102. The van der Waals surface area contributed by atoms with Crippen molar-refractivity contribution in [2.24, 2.45) is 0 Å². The molecule has 1 aromatic carbocycles. The molecule has 0 atom stereocenters. The van der Waals surface area contributed by atoms with Crippen LogP contribution in [0.1, 0.15) is 10.4 Å². The number of amides is 1. The van der Waals surface area contributed by atoms with E-state index < -0.39 is 0 Å². The van der Waals surface area contributed by atoms with Gasteiger partial charge in [-0.05, 0) is 52.5 Å². The maximum atomic E-state index is 12.2. The maximum absolute atomic E-state index is 12.2. The van der Waals surface area contributed by atoms with Gasteiger partial charge >= 0.3 is 0 Å². The molecule has 1 amide bonds. The zero-order valence-electron chi connectivity index (χ0n) is 9.98. The van der Waals surface area contributed by atoms with E-state index in [9.17, 15) is 4.79 Å². The molecule has 1 heterocycles. The summed E-state index contributed by atoms with van der Waals surface area (Å²) in [7, 11) is 0. The number of thioether (sulfide) groups is 1. The number of carbonyl (C=O) groups is 1. The Hall–Kier alpha value is -1.04. The molecular formula is C13H10BrClN2OS. The van der Waals surface area contributed by atoms with Gasteiger partial charge in [0.1, 0.15) is 4.60 Å². The summed E-state index contributed by atoms with van der Waals surface area (Å²) in [5, 5.41) is 3.20. The number of halogens is 2. The second kappa shape index (κ2) is 6.41. The summed E-state index contributed by atoms with van der Waals surface area (Å²) in [6.07, 6.45) is 3.59. The van der Waals surface area contributed by atoms with Crippen LogP contribution in [0.25, 0.3) is 0 Å². The van der Waals surface area contributed by atoms with E-state index in [1.54, 1.807) is 42.2 Å². The van der Waals surface area contributed by atoms with Gasteiger partial charge in [0.15, 0.2) is 0 Å². The Kier molecular flexibility index (Phi) is 4.85. The predicted octanol–water partition coefficient (Wildman–Crippen LogP) is 4.47. The lowest BCUT2D eigenvalue weighted by Crippen LogP contribution is -2.13. The minimum atomic E-state index is -0.255. The molecule has 19 heavy (non-hydrogen) atoms. The minimum absolute atomic E-state index is 0.255. The average Bonchev–Trinajstić information content (AvgIpc) is 2.42. The first kappa shape index (κ1) is 14.4. The second-order valence-corrected chi connectivity index (χ2v) is 5.68. The van der Waals surface area contributed by atoms with E-state index in [-0.39, 0.29) is 5.91 Å². The molecule has 98 valence electrons. The van der Waals surface area contributed by atoms with E-state index in [1.807, 2.05) is 12.3 Å². The molecule has 2 aromatic rings. The van der Waals surface area contributed by atoms with Crippen molar-refractivity contribution in [3.63, 3.8) is 0 Å². The summed E-state index contributed by atoms with van der Waals surface area (Å²) in [6, 6.07) is 8.89. The Morgan fingerprint density at radius 1 is 1.42 bits per heavy atom.